The molecule has 0 N–H and O–H groups in total. The summed E-state index contributed by atoms with van der Waals surface area (Å²) in [4.78, 5) is 45.8. The molecule has 2 aliphatic heterocycles. The summed E-state index contributed by atoms with van der Waals surface area (Å²) in [7, 11) is 0. The molecule has 0 radical (unpaired) electrons. The summed E-state index contributed by atoms with van der Waals surface area (Å²) >= 11 is 0.894. The van der Waals surface area contributed by atoms with E-state index in [4.69, 9.17) is 0 Å². The fraction of sp³-hybridized carbons (Fsp3) is 0.417. The molecule has 7 nitrogen and oxygen atoms in total. The van der Waals surface area contributed by atoms with Gasteiger partial charge in [0.2, 0.25) is 5.91 Å². The molecule has 2 saturated heterocycles. The summed E-state index contributed by atoms with van der Waals surface area (Å²) in [5.74, 6) is 0.261. The molecule has 0 aromatic carbocycles. The maximum atomic E-state index is 13.0. The van der Waals surface area contributed by atoms with E-state index in [2.05, 4.69) is 4.98 Å². The van der Waals surface area contributed by atoms with Gasteiger partial charge in [-0.25, -0.2) is 4.98 Å². The highest BCUT2D eigenvalue weighted by Crippen LogP contribution is 2.33. The third-order valence-electron chi connectivity index (χ3n) is 6.01. The average Bonchev–Trinajstić information content (AvgIpc) is 3.04. The molecular formula is C24H28N4O3S. The largest absolute Gasteiger partial charge is 0.341 e. The molecule has 3 amide bonds. The van der Waals surface area contributed by atoms with Crippen LogP contribution in [0, 0.1) is 20.8 Å². The van der Waals surface area contributed by atoms with Crippen LogP contribution in [0.4, 0.5) is 4.79 Å². The highest BCUT2D eigenvalue weighted by atomic mass is 32.2. The van der Waals surface area contributed by atoms with Crippen molar-refractivity contribution in [1.82, 2.24) is 19.4 Å². The van der Waals surface area contributed by atoms with E-state index in [1.54, 1.807) is 17.2 Å². The molecule has 0 saturated carbocycles. The van der Waals surface area contributed by atoms with Crippen molar-refractivity contribution in [3.05, 3.63) is 51.8 Å². The molecule has 2 aromatic heterocycles. The predicted molar refractivity (Wildman–Crippen MR) is 126 cm³/mol. The lowest BCUT2D eigenvalue weighted by Gasteiger charge is -2.22. The number of hydrogen-bond donors (Lipinski definition) is 0. The maximum Gasteiger partial charge on any atom is 0.294 e. The molecule has 32 heavy (non-hydrogen) atoms. The predicted octanol–water partition coefficient (Wildman–Crippen LogP) is 4.24. The van der Waals surface area contributed by atoms with E-state index in [1.165, 1.54) is 0 Å². The van der Waals surface area contributed by atoms with Gasteiger partial charge in [-0.15, -0.1) is 0 Å². The number of pyridine rings is 1. The van der Waals surface area contributed by atoms with Gasteiger partial charge in [0.05, 0.1) is 4.91 Å². The molecule has 2 aliphatic rings. The minimum Gasteiger partial charge on any atom is -0.341 e. The first-order valence-electron chi connectivity index (χ1n) is 11.0. The number of carbonyl (C=O) groups is 3. The van der Waals surface area contributed by atoms with E-state index in [-0.39, 0.29) is 12.5 Å². The lowest BCUT2D eigenvalue weighted by atomic mass is 10.2. The van der Waals surface area contributed by atoms with E-state index in [0.717, 1.165) is 70.7 Å². The number of aryl methyl sites for hydroxylation is 2. The van der Waals surface area contributed by atoms with Crippen molar-refractivity contribution in [2.24, 2.45) is 0 Å². The second-order valence-electron chi connectivity index (χ2n) is 8.42. The van der Waals surface area contributed by atoms with Crippen LogP contribution in [-0.2, 0) is 9.59 Å². The van der Waals surface area contributed by atoms with Crippen LogP contribution < -0.4 is 0 Å². The summed E-state index contributed by atoms with van der Waals surface area (Å²) in [6.07, 6.45) is 7.69. The van der Waals surface area contributed by atoms with Crippen LogP contribution >= 0.6 is 11.8 Å². The van der Waals surface area contributed by atoms with Crippen molar-refractivity contribution in [3.63, 3.8) is 0 Å². The van der Waals surface area contributed by atoms with Crippen molar-refractivity contribution in [2.45, 2.75) is 46.5 Å². The van der Waals surface area contributed by atoms with Crippen LogP contribution in [-0.4, -0.2) is 56.0 Å². The topological polar surface area (TPSA) is 75.5 Å². The fourth-order valence-electron chi connectivity index (χ4n) is 4.26. The van der Waals surface area contributed by atoms with Crippen molar-refractivity contribution in [1.29, 1.82) is 0 Å². The van der Waals surface area contributed by atoms with E-state index in [0.29, 0.717) is 18.0 Å². The first kappa shape index (κ1) is 22.3. The Bertz CT molecular complexity index is 1100. The quantitative estimate of drug-likeness (QED) is 0.649. The van der Waals surface area contributed by atoms with Crippen LogP contribution in [0.2, 0.25) is 0 Å². The van der Waals surface area contributed by atoms with Crippen molar-refractivity contribution in [3.8, 4) is 5.82 Å². The normalized spacial score (nSPS) is 18.5. The second-order valence-corrected chi connectivity index (χ2v) is 9.41. The van der Waals surface area contributed by atoms with Crippen LogP contribution in [0.15, 0.2) is 29.3 Å². The van der Waals surface area contributed by atoms with Crippen LogP contribution in [0.1, 0.15) is 48.2 Å². The van der Waals surface area contributed by atoms with Crippen LogP contribution in [0.3, 0.4) is 0 Å². The number of amides is 3. The van der Waals surface area contributed by atoms with Crippen LogP contribution in [0.5, 0.6) is 0 Å². The smallest absolute Gasteiger partial charge is 0.294 e. The highest BCUT2D eigenvalue weighted by molar-refractivity contribution is 8.18. The molecule has 4 heterocycles. The zero-order chi connectivity index (χ0) is 22.8. The van der Waals surface area contributed by atoms with Gasteiger partial charge in [-0.05, 0) is 80.8 Å². The summed E-state index contributed by atoms with van der Waals surface area (Å²) in [6.45, 7) is 7.18. The first-order chi connectivity index (χ1) is 15.3. The summed E-state index contributed by atoms with van der Waals surface area (Å²) in [5, 5.41) is -0.390. The molecule has 4 rings (SSSR count). The zero-order valence-corrected chi connectivity index (χ0v) is 19.6. The molecule has 2 fully saturated rings. The third-order valence-corrected chi connectivity index (χ3v) is 6.92. The number of likely N-dealkylation sites (tertiary alicyclic amines) is 1. The SMILES string of the molecule is Cc1ccnc(-n2c(C)cc(C=C3SC(=O)N(CC(=O)N4CCCCCC4)C3=O)c2C)c1. The van der Waals surface area contributed by atoms with Gasteiger partial charge in [0, 0.05) is 30.7 Å². The molecule has 0 spiro atoms. The lowest BCUT2D eigenvalue weighted by Crippen LogP contribution is -2.42. The Kier molecular flexibility index (Phi) is 6.50. The Morgan fingerprint density at radius 1 is 1.09 bits per heavy atom. The highest BCUT2D eigenvalue weighted by Gasteiger charge is 2.37. The third kappa shape index (κ3) is 4.50. The minimum atomic E-state index is -0.401. The summed E-state index contributed by atoms with van der Waals surface area (Å²) < 4.78 is 2.03. The Morgan fingerprint density at radius 3 is 2.50 bits per heavy atom. The molecule has 8 heteroatoms. The Morgan fingerprint density at radius 2 is 1.81 bits per heavy atom. The second kappa shape index (κ2) is 9.32. The van der Waals surface area contributed by atoms with Crippen molar-refractivity contribution >= 4 is 34.9 Å². The van der Waals surface area contributed by atoms with Gasteiger partial charge in [0.25, 0.3) is 11.1 Å². The molecule has 168 valence electrons. The number of thioether (sulfide) groups is 1. The number of nitrogens with zero attached hydrogens (tertiary/aromatic N) is 4. The van der Waals surface area contributed by atoms with Gasteiger partial charge in [0.1, 0.15) is 12.4 Å². The Labute approximate surface area is 192 Å². The van der Waals surface area contributed by atoms with Gasteiger partial charge < -0.3 is 9.47 Å². The Hall–Kier alpha value is -2.87. The van der Waals surface area contributed by atoms with E-state index < -0.39 is 11.1 Å². The van der Waals surface area contributed by atoms with Gasteiger partial charge >= 0.3 is 0 Å². The molecular weight excluding hydrogens is 424 g/mol. The molecule has 0 aliphatic carbocycles. The van der Waals surface area contributed by atoms with E-state index in [9.17, 15) is 14.4 Å². The van der Waals surface area contributed by atoms with E-state index >= 15 is 0 Å². The first-order valence-corrected chi connectivity index (χ1v) is 11.8. The van der Waals surface area contributed by atoms with Gasteiger partial charge in [-0.3, -0.25) is 19.3 Å². The number of rotatable bonds is 4. The number of carbonyl (C=O) groups excluding carboxylic acids is 3. The minimum absolute atomic E-state index is 0.154. The molecule has 0 atom stereocenters. The van der Waals surface area contributed by atoms with Crippen LogP contribution in [0.25, 0.3) is 11.9 Å². The van der Waals surface area contributed by atoms with E-state index in [1.807, 2.05) is 43.5 Å². The Balaban J connectivity index is 1.54. The fourth-order valence-corrected chi connectivity index (χ4v) is 5.09. The monoisotopic (exact) mass is 452 g/mol. The van der Waals surface area contributed by atoms with Gasteiger partial charge in [0.15, 0.2) is 0 Å². The molecule has 2 aromatic rings. The summed E-state index contributed by atoms with van der Waals surface area (Å²) in [5.41, 5.74) is 3.89. The zero-order valence-electron chi connectivity index (χ0n) is 18.8. The van der Waals surface area contributed by atoms with Crippen molar-refractivity contribution in [2.75, 3.05) is 19.6 Å². The van der Waals surface area contributed by atoms with Gasteiger partial charge in [-0.2, -0.15) is 0 Å². The molecule has 0 bridgehead atoms. The van der Waals surface area contributed by atoms with Crippen molar-refractivity contribution < 1.29 is 14.4 Å². The average molecular weight is 453 g/mol. The number of imide groups is 1. The standard InChI is InChI=1S/C24H28N4O3S/c1-16-8-9-25-21(12-16)28-17(2)13-19(18(28)3)14-20-23(30)27(24(31)32-20)15-22(29)26-10-6-4-5-7-11-26/h8-9,12-14H,4-7,10-11,15H2,1-3H3. The lowest BCUT2D eigenvalue weighted by molar-refractivity contribution is -0.135. The molecule has 0 unspecified atom stereocenters. The number of aromatic nitrogens is 2. The summed E-state index contributed by atoms with van der Waals surface area (Å²) in [6, 6.07) is 5.93. The van der Waals surface area contributed by atoms with Gasteiger partial charge in [-0.1, -0.05) is 12.8 Å². The maximum absolute atomic E-state index is 13.0. The number of hydrogen-bond acceptors (Lipinski definition) is 5.